The molecule has 1 aromatic carbocycles. The lowest BCUT2D eigenvalue weighted by Gasteiger charge is -2.34. The summed E-state index contributed by atoms with van der Waals surface area (Å²) in [6.07, 6.45) is 6.11. The van der Waals surface area contributed by atoms with Crippen LogP contribution < -0.4 is 10.2 Å². The number of nitrogens with zero attached hydrogens (tertiary/aromatic N) is 5. The molecule has 0 radical (unpaired) electrons. The summed E-state index contributed by atoms with van der Waals surface area (Å²) in [7, 11) is -3.50. The van der Waals surface area contributed by atoms with E-state index < -0.39 is 10.0 Å². The molecule has 0 spiro atoms. The number of para-hydroxylation sites is 1. The van der Waals surface area contributed by atoms with Crippen LogP contribution in [0.3, 0.4) is 0 Å². The fourth-order valence-electron chi connectivity index (χ4n) is 4.71. The largest absolute Gasteiger partial charge is 0.356 e. The summed E-state index contributed by atoms with van der Waals surface area (Å²) >= 11 is 0. The molecule has 1 aliphatic heterocycles. The van der Waals surface area contributed by atoms with Gasteiger partial charge in [-0.15, -0.1) is 0 Å². The maximum absolute atomic E-state index is 13.1. The van der Waals surface area contributed by atoms with E-state index in [2.05, 4.69) is 20.4 Å². The van der Waals surface area contributed by atoms with Crippen molar-refractivity contribution in [1.82, 2.24) is 19.4 Å². The molecular weight excluding hydrogens is 440 g/mol. The predicted molar refractivity (Wildman–Crippen MR) is 128 cm³/mol. The topological polar surface area (TPSA) is 104 Å². The Morgan fingerprint density at radius 3 is 2.61 bits per heavy atom. The lowest BCUT2D eigenvalue weighted by molar-refractivity contribution is 0.381. The van der Waals surface area contributed by atoms with Crippen molar-refractivity contribution in [1.29, 1.82) is 0 Å². The maximum atomic E-state index is 13.1. The van der Waals surface area contributed by atoms with Crippen LogP contribution in [0, 0.1) is 6.92 Å². The Bertz CT molecular complexity index is 1210. The number of piperazine rings is 1. The fourth-order valence-corrected chi connectivity index (χ4v) is 6.17. The first-order chi connectivity index (χ1) is 16.0. The number of benzene rings is 1. The second-order valence-electron chi connectivity index (χ2n) is 8.94. The highest BCUT2D eigenvalue weighted by atomic mass is 32.2. The van der Waals surface area contributed by atoms with Crippen molar-refractivity contribution in [2.75, 3.05) is 36.4 Å². The quantitative estimate of drug-likeness (QED) is 0.585. The molecule has 0 atom stereocenters. The van der Waals surface area contributed by atoms with Crippen LogP contribution in [-0.2, 0) is 15.8 Å². The van der Waals surface area contributed by atoms with Gasteiger partial charge in [-0.25, -0.2) is 13.4 Å². The van der Waals surface area contributed by atoms with Crippen molar-refractivity contribution in [2.24, 2.45) is 0 Å². The lowest BCUT2D eigenvalue weighted by Crippen LogP contribution is -2.49. The zero-order valence-electron chi connectivity index (χ0n) is 18.9. The van der Waals surface area contributed by atoms with Crippen LogP contribution >= 0.6 is 0 Å². The molecule has 0 unspecified atom stereocenters. The Morgan fingerprint density at radius 2 is 1.82 bits per heavy atom. The van der Waals surface area contributed by atoms with Crippen LogP contribution in [0.25, 0.3) is 11.0 Å². The van der Waals surface area contributed by atoms with E-state index in [0.717, 1.165) is 29.7 Å². The molecule has 1 saturated carbocycles. The summed E-state index contributed by atoms with van der Waals surface area (Å²) < 4.78 is 32.9. The summed E-state index contributed by atoms with van der Waals surface area (Å²) in [5, 5.41) is 8.24. The van der Waals surface area contributed by atoms with E-state index in [1.165, 1.54) is 19.3 Å². The number of anilines is 2. The van der Waals surface area contributed by atoms with Gasteiger partial charge in [0.15, 0.2) is 5.58 Å². The van der Waals surface area contributed by atoms with Gasteiger partial charge in [-0.05, 0) is 31.9 Å². The van der Waals surface area contributed by atoms with Crippen molar-refractivity contribution >= 4 is 32.8 Å². The second kappa shape index (κ2) is 9.26. The van der Waals surface area contributed by atoms with E-state index in [1.807, 2.05) is 31.2 Å². The molecule has 2 aromatic heterocycles. The summed E-state index contributed by atoms with van der Waals surface area (Å²) in [5.74, 6) is 1.36. The Hall–Kier alpha value is -2.72. The van der Waals surface area contributed by atoms with Crippen molar-refractivity contribution in [3.63, 3.8) is 0 Å². The normalized spacial score (nSPS) is 18.6. The third-order valence-electron chi connectivity index (χ3n) is 6.51. The number of hydrogen-bond donors (Lipinski definition) is 1. The first-order valence-corrected chi connectivity index (χ1v) is 13.3. The van der Waals surface area contributed by atoms with Gasteiger partial charge in [0.25, 0.3) is 0 Å². The van der Waals surface area contributed by atoms with Crippen LogP contribution in [0.1, 0.15) is 43.5 Å². The summed E-state index contributed by atoms with van der Waals surface area (Å²) in [6, 6.07) is 9.73. The van der Waals surface area contributed by atoms with E-state index in [0.29, 0.717) is 49.4 Å². The highest BCUT2D eigenvalue weighted by Gasteiger charge is 2.29. The minimum Gasteiger partial charge on any atom is -0.356 e. The van der Waals surface area contributed by atoms with Gasteiger partial charge < -0.3 is 14.7 Å². The van der Waals surface area contributed by atoms with E-state index in [4.69, 9.17) is 9.51 Å². The number of rotatable bonds is 6. The minimum atomic E-state index is -3.50. The average Bonchev–Trinajstić information content (AvgIpc) is 3.22. The van der Waals surface area contributed by atoms with Gasteiger partial charge in [0, 0.05) is 49.4 Å². The van der Waals surface area contributed by atoms with Crippen molar-refractivity contribution in [3.05, 3.63) is 41.7 Å². The Balaban J connectivity index is 1.24. The van der Waals surface area contributed by atoms with Gasteiger partial charge in [-0.1, -0.05) is 36.6 Å². The summed E-state index contributed by atoms with van der Waals surface area (Å²) in [6.45, 7) is 3.95. The van der Waals surface area contributed by atoms with Crippen molar-refractivity contribution < 1.29 is 12.9 Å². The zero-order valence-corrected chi connectivity index (χ0v) is 19.7. The van der Waals surface area contributed by atoms with Gasteiger partial charge in [0.05, 0.1) is 0 Å². The number of sulfonamides is 1. The summed E-state index contributed by atoms with van der Waals surface area (Å²) in [4.78, 5) is 11.5. The predicted octanol–water partition coefficient (Wildman–Crippen LogP) is 3.32. The van der Waals surface area contributed by atoms with Crippen LogP contribution in [-0.4, -0.2) is 60.1 Å². The number of hydrogen-bond acceptors (Lipinski definition) is 8. The average molecular weight is 471 g/mol. The van der Waals surface area contributed by atoms with Gasteiger partial charge in [0.1, 0.15) is 17.3 Å². The van der Waals surface area contributed by atoms with Gasteiger partial charge >= 0.3 is 0 Å². The Morgan fingerprint density at radius 1 is 1.06 bits per heavy atom. The van der Waals surface area contributed by atoms with E-state index >= 15 is 0 Å². The first-order valence-electron chi connectivity index (χ1n) is 11.7. The number of fused-ring (bicyclic) bond motifs is 1. The SMILES string of the molecule is Cc1cc(N2CCN(S(=O)(=O)Cc3noc4ccccc34)CC2)nc(NC2CCCCC2)n1. The summed E-state index contributed by atoms with van der Waals surface area (Å²) in [5.41, 5.74) is 1.97. The molecule has 5 rings (SSSR count). The van der Waals surface area contributed by atoms with Crippen LogP contribution in [0.4, 0.5) is 11.8 Å². The lowest BCUT2D eigenvalue weighted by atomic mass is 9.96. The fraction of sp³-hybridized carbons (Fsp3) is 0.522. The number of aromatic nitrogens is 3. The van der Waals surface area contributed by atoms with Crippen LogP contribution in [0.2, 0.25) is 0 Å². The first kappa shape index (κ1) is 22.1. The monoisotopic (exact) mass is 470 g/mol. The molecule has 2 fully saturated rings. The molecule has 1 N–H and O–H groups in total. The molecule has 0 amide bonds. The molecule has 3 heterocycles. The van der Waals surface area contributed by atoms with Gasteiger partial charge in [0.2, 0.25) is 16.0 Å². The third-order valence-corrected chi connectivity index (χ3v) is 8.30. The number of aryl methyl sites for hydroxylation is 1. The van der Waals surface area contributed by atoms with Crippen LogP contribution in [0.15, 0.2) is 34.9 Å². The van der Waals surface area contributed by atoms with Gasteiger partial charge in [-0.2, -0.15) is 9.29 Å². The minimum absolute atomic E-state index is 0.161. The molecule has 0 bridgehead atoms. The van der Waals surface area contributed by atoms with Crippen LogP contribution in [0.5, 0.6) is 0 Å². The molecule has 1 saturated heterocycles. The second-order valence-corrected chi connectivity index (χ2v) is 10.9. The number of nitrogens with one attached hydrogen (secondary N) is 1. The standard InChI is InChI=1S/C23H30N6O3S/c1-17-15-22(26-23(24-17)25-18-7-3-2-4-8-18)28-11-13-29(14-12-28)33(30,31)16-20-19-9-5-6-10-21(19)32-27-20/h5-6,9-10,15,18H,2-4,7-8,11-14,16H2,1H3,(H,24,25,26). The third kappa shape index (κ3) is 4.96. The molecule has 2 aliphatic rings. The molecule has 3 aromatic rings. The van der Waals surface area contributed by atoms with Crippen molar-refractivity contribution in [2.45, 2.75) is 50.8 Å². The van der Waals surface area contributed by atoms with Gasteiger partial charge in [-0.3, -0.25) is 0 Å². The van der Waals surface area contributed by atoms with E-state index in [-0.39, 0.29) is 5.75 Å². The smallest absolute Gasteiger partial charge is 0.225 e. The maximum Gasteiger partial charge on any atom is 0.225 e. The zero-order chi connectivity index (χ0) is 22.8. The molecule has 33 heavy (non-hydrogen) atoms. The molecule has 9 nitrogen and oxygen atoms in total. The Labute approximate surface area is 194 Å². The van der Waals surface area contributed by atoms with E-state index in [1.54, 1.807) is 10.4 Å². The van der Waals surface area contributed by atoms with Crippen molar-refractivity contribution in [3.8, 4) is 0 Å². The molecule has 10 heteroatoms. The van der Waals surface area contributed by atoms with E-state index in [9.17, 15) is 8.42 Å². The highest BCUT2D eigenvalue weighted by Crippen LogP contribution is 2.24. The molecule has 1 aliphatic carbocycles. The molecule has 176 valence electrons. The molecular formula is C23H30N6O3S. The highest BCUT2D eigenvalue weighted by molar-refractivity contribution is 7.88. The Kier molecular flexibility index (Phi) is 6.20.